The summed E-state index contributed by atoms with van der Waals surface area (Å²) in [7, 11) is 0. The van der Waals surface area contributed by atoms with Gasteiger partial charge in [-0.25, -0.2) is 0 Å². The molecule has 0 N–H and O–H groups in total. The first-order valence-electron chi connectivity index (χ1n) is 6.67. The maximum atomic E-state index is 2.33. The predicted octanol–water partition coefficient (Wildman–Crippen LogP) is 5.40. The highest BCUT2D eigenvalue weighted by molar-refractivity contribution is 5.71. The molecule has 0 bridgehead atoms. The second-order valence-electron chi connectivity index (χ2n) is 5.55. The van der Waals surface area contributed by atoms with Crippen LogP contribution in [-0.2, 0) is 0 Å². The molecule has 94 valence electrons. The maximum Gasteiger partial charge on any atom is -0.0125 e. The van der Waals surface area contributed by atoms with Gasteiger partial charge < -0.3 is 0 Å². The summed E-state index contributed by atoms with van der Waals surface area (Å²) >= 11 is 0. The Morgan fingerprint density at radius 3 is 1.72 bits per heavy atom. The highest BCUT2D eigenvalue weighted by Gasteiger charge is 2.09. The molecule has 18 heavy (non-hydrogen) atoms. The van der Waals surface area contributed by atoms with Crippen LogP contribution in [0.2, 0.25) is 0 Å². The number of benzene rings is 2. The predicted molar refractivity (Wildman–Crippen MR) is 80.2 cm³/mol. The van der Waals surface area contributed by atoms with Crippen LogP contribution in [0.4, 0.5) is 0 Å². The van der Waals surface area contributed by atoms with E-state index >= 15 is 0 Å². The third-order valence-electron chi connectivity index (χ3n) is 3.56. The first-order chi connectivity index (χ1) is 8.49. The van der Waals surface area contributed by atoms with E-state index in [0.29, 0.717) is 5.92 Å². The summed E-state index contributed by atoms with van der Waals surface area (Å²) in [6.07, 6.45) is 0. The van der Waals surface area contributed by atoms with Crippen molar-refractivity contribution in [3.8, 4) is 11.1 Å². The molecule has 0 saturated carbocycles. The average molecular weight is 238 g/mol. The van der Waals surface area contributed by atoms with Gasteiger partial charge >= 0.3 is 0 Å². The minimum atomic E-state index is 0.592. The van der Waals surface area contributed by atoms with E-state index in [-0.39, 0.29) is 0 Å². The van der Waals surface area contributed by atoms with Crippen LogP contribution in [0.15, 0.2) is 36.4 Å². The molecule has 0 atom stereocenters. The summed E-state index contributed by atoms with van der Waals surface area (Å²) in [6.45, 7) is 11.1. The van der Waals surface area contributed by atoms with Gasteiger partial charge in [0.2, 0.25) is 0 Å². The second-order valence-corrected chi connectivity index (χ2v) is 5.55. The number of hydrogen-bond donors (Lipinski definition) is 0. The monoisotopic (exact) mass is 238 g/mol. The van der Waals surface area contributed by atoms with Crippen molar-refractivity contribution < 1.29 is 0 Å². The van der Waals surface area contributed by atoms with Crippen LogP contribution in [0.5, 0.6) is 0 Å². The number of hydrogen-bond acceptors (Lipinski definition) is 0. The molecule has 0 nitrogen and oxygen atoms in total. The lowest BCUT2D eigenvalue weighted by molar-refractivity contribution is 0.863. The fraction of sp³-hybridized carbons (Fsp3) is 0.333. The van der Waals surface area contributed by atoms with Crippen LogP contribution < -0.4 is 0 Å². The van der Waals surface area contributed by atoms with E-state index in [1.165, 1.54) is 33.4 Å². The van der Waals surface area contributed by atoms with Gasteiger partial charge in [0.05, 0.1) is 0 Å². The normalized spacial score (nSPS) is 11.0. The van der Waals surface area contributed by atoms with Gasteiger partial charge in [0, 0.05) is 0 Å². The van der Waals surface area contributed by atoms with Gasteiger partial charge in [-0.3, -0.25) is 0 Å². The summed E-state index contributed by atoms with van der Waals surface area (Å²) in [6, 6.07) is 13.5. The summed E-state index contributed by atoms with van der Waals surface area (Å²) in [4.78, 5) is 0. The van der Waals surface area contributed by atoms with Gasteiger partial charge in [-0.05, 0) is 54.5 Å². The molecule has 0 fully saturated rings. The molecular weight excluding hydrogens is 216 g/mol. The zero-order valence-electron chi connectivity index (χ0n) is 12.0. The van der Waals surface area contributed by atoms with E-state index in [2.05, 4.69) is 71.0 Å². The van der Waals surface area contributed by atoms with E-state index in [4.69, 9.17) is 0 Å². The van der Waals surface area contributed by atoms with Crippen LogP contribution in [0.25, 0.3) is 11.1 Å². The third kappa shape index (κ3) is 2.48. The van der Waals surface area contributed by atoms with Crippen molar-refractivity contribution in [3.63, 3.8) is 0 Å². The lowest BCUT2D eigenvalue weighted by Crippen LogP contribution is -1.94. The molecule has 0 heteroatoms. The van der Waals surface area contributed by atoms with Gasteiger partial charge in [-0.1, -0.05) is 55.8 Å². The Labute approximate surface area is 111 Å². The molecule has 0 unspecified atom stereocenters. The molecule has 2 aromatic carbocycles. The SMILES string of the molecule is Cc1ccc(-c2c(C)cc(C(C)C)cc2C)cc1. The van der Waals surface area contributed by atoms with Crippen molar-refractivity contribution in [2.24, 2.45) is 0 Å². The Bertz CT molecular complexity index is 522. The van der Waals surface area contributed by atoms with Crippen molar-refractivity contribution in [3.05, 3.63) is 58.7 Å². The topological polar surface area (TPSA) is 0 Å². The number of rotatable bonds is 2. The highest BCUT2D eigenvalue weighted by Crippen LogP contribution is 2.30. The minimum Gasteiger partial charge on any atom is -0.0587 e. The number of aryl methyl sites for hydroxylation is 3. The fourth-order valence-electron chi connectivity index (χ4n) is 2.51. The summed E-state index contributed by atoms with van der Waals surface area (Å²) in [5, 5.41) is 0. The molecule has 0 radical (unpaired) electrons. The zero-order chi connectivity index (χ0) is 13.3. The second kappa shape index (κ2) is 4.97. The first-order valence-corrected chi connectivity index (χ1v) is 6.67. The molecule has 0 aliphatic carbocycles. The quantitative estimate of drug-likeness (QED) is 0.657. The van der Waals surface area contributed by atoms with Crippen LogP contribution in [0.1, 0.15) is 42.0 Å². The Kier molecular flexibility index (Phi) is 3.56. The minimum absolute atomic E-state index is 0.592. The molecule has 0 aliphatic rings. The molecule has 2 rings (SSSR count). The molecular formula is C18H22. The Hall–Kier alpha value is -1.56. The van der Waals surface area contributed by atoms with Crippen molar-refractivity contribution >= 4 is 0 Å². The van der Waals surface area contributed by atoms with E-state index < -0.39 is 0 Å². The Morgan fingerprint density at radius 1 is 0.778 bits per heavy atom. The molecule has 0 saturated heterocycles. The molecule has 0 aromatic heterocycles. The molecule has 0 amide bonds. The maximum absolute atomic E-state index is 2.33. The van der Waals surface area contributed by atoms with Crippen molar-refractivity contribution in [1.82, 2.24) is 0 Å². The van der Waals surface area contributed by atoms with Gasteiger partial charge in [0.15, 0.2) is 0 Å². The lowest BCUT2D eigenvalue weighted by atomic mass is 9.90. The molecule has 2 aromatic rings. The smallest absolute Gasteiger partial charge is 0.0125 e. The van der Waals surface area contributed by atoms with E-state index in [9.17, 15) is 0 Å². The first kappa shape index (κ1) is 12.9. The molecule has 0 aliphatic heterocycles. The van der Waals surface area contributed by atoms with Crippen molar-refractivity contribution in [2.75, 3.05) is 0 Å². The van der Waals surface area contributed by atoms with Crippen molar-refractivity contribution in [1.29, 1.82) is 0 Å². The average Bonchev–Trinajstić information content (AvgIpc) is 2.30. The summed E-state index contributed by atoms with van der Waals surface area (Å²) < 4.78 is 0. The van der Waals surface area contributed by atoms with Crippen LogP contribution in [0, 0.1) is 20.8 Å². The van der Waals surface area contributed by atoms with Gasteiger partial charge in [-0.15, -0.1) is 0 Å². The third-order valence-corrected chi connectivity index (χ3v) is 3.56. The van der Waals surface area contributed by atoms with E-state index in [1.54, 1.807) is 0 Å². The van der Waals surface area contributed by atoms with E-state index in [1.807, 2.05) is 0 Å². The van der Waals surface area contributed by atoms with Crippen LogP contribution >= 0.6 is 0 Å². The summed E-state index contributed by atoms with van der Waals surface area (Å²) in [5.41, 5.74) is 8.21. The zero-order valence-corrected chi connectivity index (χ0v) is 12.0. The Morgan fingerprint density at radius 2 is 1.28 bits per heavy atom. The Balaban J connectivity index is 2.55. The van der Waals surface area contributed by atoms with Gasteiger partial charge in [0.1, 0.15) is 0 Å². The lowest BCUT2D eigenvalue weighted by Gasteiger charge is -2.15. The van der Waals surface area contributed by atoms with Gasteiger partial charge in [0.25, 0.3) is 0 Å². The van der Waals surface area contributed by atoms with Crippen LogP contribution in [-0.4, -0.2) is 0 Å². The molecule has 0 heterocycles. The van der Waals surface area contributed by atoms with Crippen LogP contribution in [0.3, 0.4) is 0 Å². The fourth-order valence-corrected chi connectivity index (χ4v) is 2.51. The van der Waals surface area contributed by atoms with E-state index in [0.717, 1.165) is 0 Å². The van der Waals surface area contributed by atoms with Gasteiger partial charge in [-0.2, -0.15) is 0 Å². The largest absolute Gasteiger partial charge is 0.0587 e. The highest BCUT2D eigenvalue weighted by atomic mass is 14.1. The molecule has 0 spiro atoms. The summed E-state index contributed by atoms with van der Waals surface area (Å²) in [5.74, 6) is 0.592. The standard InChI is InChI=1S/C18H22/c1-12(2)17-10-14(4)18(15(5)11-17)16-8-6-13(3)7-9-16/h6-12H,1-5H3. The van der Waals surface area contributed by atoms with Crippen molar-refractivity contribution in [2.45, 2.75) is 40.5 Å².